The quantitative estimate of drug-likeness (QED) is 0.816. The highest BCUT2D eigenvalue weighted by atomic mass is 16.2. The Hall–Kier alpha value is -1.39. The fraction of sp³-hybridized carbons (Fsp3) is 0.588. The van der Waals surface area contributed by atoms with Gasteiger partial charge in [-0.05, 0) is 32.1 Å². The number of nitrogens with zero attached hydrogens (tertiary/aromatic N) is 3. The summed E-state index contributed by atoms with van der Waals surface area (Å²) < 4.78 is 0. The van der Waals surface area contributed by atoms with Gasteiger partial charge in [-0.25, -0.2) is 0 Å². The third kappa shape index (κ3) is 4.83. The van der Waals surface area contributed by atoms with Crippen molar-refractivity contribution >= 4 is 5.91 Å². The van der Waals surface area contributed by atoms with Crippen LogP contribution in [0.1, 0.15) is 11.1 Å². The third-order valence-corrected chi connectivity index (χ3v) is 4.19. The molecule has 1 amide bonds. The highest BCUT2D eigenvalue weighted by molar-refractivity contribution is 5.79. The van der Waals surface area contributed by atoms with E-state index in [-0.39, 0.29) is 5.91 Å². The van der Waals surface area contributed by atoms with Crippen LogP contribution >= 0.6 is 0 Å². The molecular weight excluding hydrogens is 262 g/mol. The van der Waals surface area contributed by atoms with E-state index >= 15 is 0 Å². The first-order chi connectivity index (χ1) is 10.1. The molecule has 1 aromatic rings. The van der Waals surface area contributed by atoms with Gasteiger partial charge < -0.3 is 9.80 Å². The normalized spacial score (nSPS) is 16.5. The minimum Gasteiger partial charge on any atom is -0.340 e. The maximum atomic E-state index is 12.4. The molecule has 1 heterocycles. The molecule has 0 radical (unpaired) electrons. The highest BCUT2D eigenvalue weighted by Crippen LogP contribution is 2.11. The average Bonchev–Trinajstić information content (AvgIpc) is 2.48. The van der Waals surface area contributed by atoms with Crippen LogP contribution in [-0.4, -0.2) is 74.0 Å². The maximum Gasteiger partial charge on any atom is 0.227 e. The van der Waals surface area contributed by atoms with Crippen molar-refractivity contribution in [3.05, 3.63) is 35.4 Å². The Morgan fingerprint density at radius 3 is 2.43 bits per heavy atom. The van der Waals surface area contributed by atoms with Crippen LogP contribution in [-0.2, 0) is 11.2 Å². The van der Waals surface area contributed by atoms with Crippen molar-refractivity contribution in [1.29, 1.82) is 0 Å². The largest absolute Gasteiger partial charge is 0.340 e. The molecule has 0 spiro atoms. The second-order valence-electron chi connectivity index (χ2n) is 6.13. The average molecular weight is 289 g/mol. The zero-order chi connectivity index (χ0) is 15.2. The summed E-state index contributed by atoms with van der Waals surface area (Å²) in [4.78, 5) is 19.1. The van der Waals surface area contributed by atoms with Crippen LogP contribution < -0.4 is 0 Å². The van der Waals surface area contributed by atoms with Crippen molar-refractivity contribution in [1.82, 2.24) is 14.7 Å². The number of amides is 1. The molecule has 0 atom stereocenters. The first-order valence-electron chi connectivity index (χ1n) is 7.75. The number of hydrogen-bond acceptors (Lipinski definition) is 3. The van der Waals surface area contributed by atoms with Crippen molar-refractivity contribution in [2.75, 3.05) is 53.4 Å². The van der Waals surface area contributed by atoms with E-state index < -0.39 is 0 Å². The molecule has 21 heavy (non-hydrogen) atoms. The Labute approximate surface area is 128 Å². The predicted molar refractivity (Wildman–Crippen MR) is 86.5 cm³/mol. The van der Waals surface area contributed by atoms with Crippen molar-refractivity contribution in [2.24, 2.45) is 0 Å². The zero-order valence-electron chi connectivity index (χ0n) is 13.5. The van der Waals surface area contributed by atoms with Crippen LogP contribution in [0.5, 0.6) is 0 Å². The van der Waals surface area contributed by atoms with Crippen LogP contribution in [0, 0.1) is 6.92 Å². The lowest BCUT2D eigenvalue weighted by atomic mass is 10.1. The van der Waals surface area contributed by atoms with E-state index in [2.05, 4.69) is 43.0 Å². The van der Waals surface area contributed by atoms with E-state index in [1.54, 1.807) is 0 Å². The van der Waals surface area contributed by atoms with Crippen LogP contribution in [0.3, 0.4) is 0 Å². The molecule has 2 rings (SSSR count). The zero-order valence-corrected chi connectivity index (χ0v) is 13.5. The molecule has 0 aliphatic carbocycles. The van der Waals surface area contributed by atoms with Crippen molar-refractivity contribution in [3.63, 3.8) is 0 Å². The number of benzene rings is 1. The molecule has 0 aromatic heterocycles. The number of piperazine rings is 1. The molecule has 1 fully saturated rings. The summed E-state index contributed by atoms with van der Waals surface area (Å²) in [5.74, 6) is 0.261. The monoisotopic (exact) mass is 289 g/mol. The Morgan fingerprint density at radius 1 is 1.14 bits per heavy atom. The number of rotatable bonds is 5. The fourth-order valence-electron chi connectivity index (χ4n) is 2.65. The number of likely N-dealkylation sites (N-methyl/N-ethyl adjacent to an activating group) is 1. The van der Waals surface area contributed by atoms with Gasteiger partial charge in [0.1, 0.15) is 0 Å². The van der Waals surface area contributed by atoms with Crippen molar-refractivity contribution < 1.29 is 4.79 Å². The van der Waals surface area contributed by atoms with E-state index in [0.717, 1.165) is 44.8 Å². The molecular formula is C17H27N3O. The molecule has 0 unspecified atom stereocenters. The van der Waals surface area contributed by atoms with Crippen molar-refractivity contribution in [3.8, 4) is 0 Å². The number of aryl methyl sites for hydroxylation is 1. The smallest absolute Gasteiger partial charge is 0.227 e. The lowest BCUT2D eigenvalue weighted by molar-refractivity contribution is -0.132. The summed E-state index contributed by atoms with van der Waals surface area (Å²) in [7, 11) is 4.20. The van der Waals surface area contributed by atoms with E-state index in [1.165, 1.54) is 5.56 Å². The van der Waals surface area contributed by atoms with Crippen LogP contribution in [0.2, 0.25) is 0 Å². The third-order valence-electron chi connectivity index (χ3n) is 4.19. The van der Waals surface area contributed by atoms with Gasteiger partial charge in [0, 0.05) is 39.3 Å². The first kappa shape index (κ1) is 16.0. The van der Waals surface area contributed by atoms with Gasteiger partial charge in [-0.15, -0.1) is 0 Å². The molecule has 0 bridgehead atoms. The minimum absolute atomic E-state index is 0.261. The summed E-state index contributed by atoms with van der Waals surface area (Å²) in [6, 6.07) is 8.16. The molecule has 116 valence electrons. The molecule has 1 aliphatic rings. The van der Waals surface area contributed by atoms with Gasteiger partial charge in [-0.2, -0.15) is 0 Å². The molecule has 1 aromatic carbocycles. The first-order valence-corrected chi connectivity index (χ1v) is 7.75. The van der Waals surface area contributed by atoms with Gasteiger partial charge in [0.2, 0.25) is 5.91 Å². The van der Waals surface area contributed by atoms with E-state index in [9.17, 15) is 4.79 Å². The van der Waals surface area contributed by atoms with Crippen LogP contribution in [0.15, 0.2) is 24.3 Å². The lowest BCUT2D eigenvalue weighted by Gasteiger charge is -2.35. The Morgan fingerprint density at radius 2 is 1.81 bits per heavy atom. The maximum absolute atomic E-state index is 12.4. The Bertz CT molecular complexity index is 465. The van der Waals surface area contributed by atoms with Crippen LogP contribution in [0.25, 0.3) is 0 Å². The minimum atomic E-state index is 0.261. The van der Waals surface area contributed by atoms with E-state index in [0.29, 0.717) is 6.42 Å². The number of carbonyl (C=O) groups excluding carboxylic acids is 1. The molecule has 1 aliphatic heterocycles. The summed E-state index contributed by atoms with van der Waals surface area (Å²) in [6.45, 7) is 7.95. The van der Waals surface area contributed by atoms with Gasteiger partial charge in [0.15, 0.2) is 0 Å². The topological polar surface area (TPSA) is 26.8 Å². The summed E-state index contributed by atoms with van der Waals surface area (Å²) in [5.41, 5.74) is 2.35. The summed E-state index contributed by atoms with van der Waals surface area (Å²) in [5, 5.41) is 0. The fourth-order valence-corrected chi connectivity index (χ4v) is 2.65. The molecule has 0 N–H and O–H groups in total. The van der Waals surface area contributed by atoms with Gasteiger partial charge in [-0.1, -0.05) is 24.3 Å². The van der Waals surface area contributed by atoms with E-state index in [4.69, 9.17) is 0 Å². The van der Waals surface area contributed by atoms with Gasteiger partial charge in [-0.3, -0.25) is 9.69 Å². The highest BCUT2D eigenvalue weighted by Gasteiger charge is 2.21. The van der Waals surface area contributed by atoms with E-state index in [1.807, 2.05) is 17.0 Å². The van der Waals surface area contributed by atoms with Crippen molar-refractivity contribution in [2.45, 2.75) is 13.3 Å². The molecule has 1 saturated heterocycles. The van der Waals surface area contributed by atoms with Gasteiger partial charge in [0.25, 0.3) is 0 Å². The number of hydrogen-bond donors (Lipinski definition) is 0. The second-order valence-corrected chi connectivity index (χ2v) is 6.13. The lowest BCUT2D eigenvalue weighted by Crippen LogP contribution is -2.50. The number of carbonyl (C=O) groups is 1. The van der Waals surface area contributed by atoms with Gasteiger partial charge in [0.05, 0.1) is 6.42 Å². The van der Waals surface area contributed by atoms with Gasteiger partial charge >= 0.3 is 0 Å². The van der Waals surface area contributed by atoms with Crippen LogP contribution in [0.4, 0.5) is 0 Å². The molecule has 4 heteroatoms. The summed E-state index contributed by atoms with van der Waals surface area (Å²) >= 11 is 0. The molecule has 4 nitrogen and oxygen atoms in total. The Kier molecular flexibility index (Phi) is 5.76. The second kappa shape index (κ2) is 7.57. The Balaban J connectivity index is 1.79. The predicted octanol–water partition coefficient (Wildman–Crippen LogP) is 1.24. The summed E-state index contributed by atoms with van der Waals surface area (Å²) in [6.07, 6.45) is 0.532. The standard InChI is InChI=1S/C17H27N3O/c1-15-6-4-5-7-16(15)14-17(21)20-12-10-19(11-13-20)9-8-18(2)3/h4-7H,8-14H2,1-3H3. The SMILES string of the molecule is Cc1ccccc1CC(=O)N1CCN(CCN(C)C)CC1. The molecule has 0 saturated carbocycles.